The molecule has 2 aromatic rings. The lowest BCUT2D eigenvalue weighted by atomic mass is 9.96. The van der Waals surface area contributed by atoms with E-state index in [4.69, 9.17) is 4.74 Å². The van der Waals surface area contributed by atoms with Gasteiger partial charge in [-0.25, -0.2) is 0 Å². The number of rotatable bonds is 7. The summed E-state index contributed by atoms with van der Waals surface area (Å²) in [5, 5.41) is 11.0. The van der Waals surface area contributed by atoms with Crippen LogP contribution in [0, 0.1) is 0 Å². The fourth-order valence-corrected chi connectivity index (χ4v) is 3.37. The molecular weight excluding hydrogens is 370 g/mol. The molecule has 2 heterocycles. The van der Waals surface area contributed by atoms with Crippen molar-refractivity contribution in [1.29, 1.82) is 0 Å². The molecule has 1 aromatic carbocycles. The molecule has 1 amide bonds. The normalized spacial score (nSPS) is 18.5. The van der Waals surface area contributed by atoms with Crippen LogP contribution in [0.3, 0.4) is 0 Å². The number of amides is 1. The van der Waals surface area contributed by atoms with Crippen molar-refractivity contribution in [3.05, 3.63) is 65.5 Å². The van der Waals surface area contributed by atoms with Crippen LogP contribution in [0.5, 0.6) is 5.75 Å². The summed E-state index contributed by atoms with van der Waals surface area (Å²) >= 11 is 0. The molecule has 1 atom stereocenters. The Morgan fingerprint density at radius 1 is 1.21 bits per heavy atom. The van der Waals surface area contributed by atoms with E-state index in [2.05, 4.69) is 4.98 Å². The monoisotopic (exact) mass is 395 g/mol. The summed E-state index contributed by atoms with van der Waals surface area (Å²) < 4.78 is 5.50. The Bertz CT molecular complexity index is 925. The smallest absolute Gasteiger partial charge is 0.295 e. The third-order valence-electron chi connectivity index (χ3n) is 4.77. The number of likely N-dealkylation sites (N-methyl/N-ethyl adjacent to an activating group) is 1. The maximum absolute atomic E-state index is 12.9. The SMILES string of the molecule is CCOc1cccc(/C(O)=C2\C(=O)C(=O)N(CCN(C)C)C2c2ccncc2)c1. The van der Waals surface area contributed by atoms with E-state index in [1.807, 2.05) is 25.9 Å². The molecule has 1 aliphatic rings. The van der Waals surface area contributed by atoms with E-state index in [0.717, 1.165) is 5.56 Å². The number of pyridine rings is 1. The molecule has 3 rings (SSSR count). The molecule has 1 aromatic heterocycles. The molecule has 1 saturated heterocycles. The van der Waals surface area contributed by atoms with Gasteiger partial charge in [0.1, 0.15) is 11.5 Å². The summed E-state index contributed by atoms with van der Waals surface area (Å²) in [6.07, 6.45) is 3.22. The minimum Gasteiger partial charge on any atom is -0.507 e. The second-order valence-electron chi connectivity index (χ2n) is 7.04. The maximum atomic E-state index is 12.9. The minimum atomic E-state index is -0.690. The maximum Gasteiger partial charge on any atom is 0.295 e. The lowest BCUT2D eigenvalue weighted by Crippen LogP contribution is -2.35. The number of hydrogen-bond acceptors (Lipinski definition) is 6. The van der Waals surface area contributed by atoms with Crippen LogP contribution >= 0.6 is 0 Å². The van der Waals surface area contributed by atoms with Crippen molar-refractivity contribution in [2.24, 2.45) is 0 Å². The molecule has 1 unspecified atom stereocenters. The molecule has 0 aliphatic carbocycles. The number of ketones is 1. The first-order valence-corrected chi connectivity index (χ1v) is 9.50. The van der Waals surface area contributed by atoms with Gasteiger partial charge in [-0.1, -0.05) is 12.1 Å². The zero-order valence-electron chi connectivity index (χ0n) is 16.8. The van der Waals surface area contributed by atoms with Gasteiger partial charge in [0.15, 0.2) is 0 Å². The zero-order valence-corrected chi connectivity index (χ0v) is 16.8. The fraction of sp³-hybridized carbons (Fsp3) is 0.318. The van der Waals surface area contributed by atoms with Crippen LogP contribution in [0.4, 0.5) is 0 Å². The van der Waals surface area contributed by atoms with Crippen LogP contribution in [-0.2, 0) is 9.59 Å². The van der Waals surface area contributed by atoms with Gasteiger partial charge in [0, 0.05) is 31.0 Å². The number of ether oxygens (including phenoxy) is 1. The van der Waals surface area contributed by atoms with Crippen molar-refractivity contribution in [3.8, 4) is 5.75 Å². The van der Waals surface area contributed by atoms with Crippen molar-refractivity contribution in [1.82, 2.24) is 14.8 Å². The average Bonchev–Trinajstić information content (AvgIpc) is 2.97. The van der Waals surface area contributed by atoms with E-state index < -0.39 is 17.7 Å². The summed E-state index contributed by atoms with van der Waals surface area (Å²) in [5.41, 5.74) is 1.23. The van der Waals surface area contributed by atoms with Gasteiger partial charge in [-0.15, -0.1) is 0 Å². The molecule has 1 N–H and O–H groups in total. The van der Waals surface area contributed by atoms with E-state index in [-0.39, 0.29) is 11.3 Å². The Morgan fingerprint density at radius 3 is 2.59 bits per heavy atom. The van der Waals surface area contributed by atoms with Crippen molar-refractivity contribution < 1.29 is 19.4 Å². The zero-order chi connectivity index (χ0) is 21.0. The second-order valence-corrected chi connectivity index (χ2v) is 7.04. The molecule has 0 radical (unpaired) electrons. The van der Waals surface area contributed by atoms with Crippen LogP contribution < -0.4 is 4.74 Å². The number of carbonyl (C=O) groups excluding carboxylic acids is 2. The van der Waals surface area contributed by atoms with Crippen molar-refractivity contribution >= 4 is 17.4 Å². The third kappa shape index (κ3) is 4.30. The Kier molecular flexibility index (Phi) is 6.29. The predicted octanol–water partition coefficient (Wildman–Crippen LogP) is 2.46. The van der Waals surface area contributed by atoms with Gasteiger partial charge in [-0.2, -0.15) is 0 Å². The number of aliphatic hydroxyl groups excluding tert-OH is 1. The highest BCUT2D eigenvalue weighted by Gasteiger charge is 2.45. The van der Waals surface area contributed by atoms with E-state index in [1.165, 1.54) is 4.90 Å². The summed E-state index contributed by atoms with van der Waals surface area (Å²) in [4.78, 5) is 33.2. The van der Waals surface area contributed by atoms with Crippen LogP contribution in [0.1, 0.15) is 24.1 Å². The number of benzene rings is 1. The summed E-state index contributed by atoms with van der Waals surface area (Å²) in [7, 11) is 3.80. The van der Waals surface area contributed by atoms with Gasteiger partial charge in [-0.05, 0) is 50.8 Å². The molecule has 29 heavy (non-hydrogen) atoms. The first-order valence-electron chi connectivity index (χ1n) is 9.50. The Labute approximate surface area is 170 Å². The Hall–Kier alpha value is -3.19. The molecule has 1 aliphatic heterocycles. The number of aromatic nitrogens is 1. The van der Waals surface area contributed by atoms with E-state index in [1.54, 1.807) is 48.8 Å². The number of aliphatic hydroxyl groups is 1. The molecule has 0 bridgehead atoms. The third-order valence-corrected chi connectivity index (χ3v) is 4.77. The summed E-state index contributed by atoms with van der Waals surface area (Å²) in [6.45, 7) is 3.30. The Morgan fingerprint density at radius 2 is 1.93 bits per heavy atom. The largest absolute Gasteiger partial charge is 0.507 e. The van der Waals surface area contributed by atoms with Gasteiger partial charge in [-0.3, -0.25) is 14.6 Å². The average molecular weight is 395 g/mol. The predicted molar refractivity (Wildman–Crippen MR) is 109 cm³/mol. The number of nitrogens with zero attached hydrogens (tertiary/aromatic N) is 3. The minimum absolute atomic E-state index is 0.0774. The molecule has 7 nitrogen and oxygen atoms in total. The highest BCUT2D eigenvalue weighted by Crippen LogP contribution is 2.39. The lowest BCUT2D eigenvalue weighted by molar-refractivity contribution is -0.140. The topological polar surface area (TPSA) is 83.0 Å². The number of hydrogen-bond donors (Lipinski definition) is 1. The van der Waals surface area contributed by atoms with Gasteiger partial charge < -0.3 is 19.6 Å². The van der Waals surface area contributed by atoms with Crippen LogP contribution in [0.2, 0.25) is 0 Å². The van der Waals surface area contributed by atoms with E-state index in [0.29, 0.717) is 31.0 Å². The van der Waals surface area contributed by atoms with Crippen LogP contribution in [0.15, 0.2) is 54.4 Å². The van der Waals surface area contributed by atoms with Crippen molar-refractivity contribution in [2.45, 2.75) is 13.0 Å². The van der Waals surface area contributed by atoms with Crippen molar-refractivity contribution in [3.63, 3.8) is 0 Å². The van der Waals surface area contributed by atoms with Gasteiger partial charge in [0.2, 0.25) is 0 Å². The van der Waals surface area contributed by atoms with Crippen LogP contribution in [-0.4, -0.2) is 65.4 Å². The first kappa shape index (κ1) is 20.5. The molecule has 1 fully saturated rings. The van der Waals surface area contributed by atoms with Crippen molar-refractivity contribution in [2.75, 3.05) is 33.8 Å². The summed E-state index contributed by atoms with van der Waals surface area (Å²) in [5.74, 6) is -0.932. The lowest BCUT2D eigenvalue weighted by Gasteiger charge is -2.26. The van der Waals surface area contributed by atoms with E-state index >= 15 is 0 Å². The highest BCUT2D eigenvalue weighted by molar-refractivity contribution is 6.46. The summed E-state index contributed by atoms with van der Waals surface area (Å²) in [6, 6.07) is 9.70. The second kappa shape index (κ2) is 8.87. The molecule has 0 spiro atoms. The quantitative estimate of drug-likeness (QED) is 0.441. The number of likely N-dealkylation sites (tertiary alicyclic amines) is 1. The number of Topliss-reactive ketones (excluding diaryl/α,β-unsaturated/α-hetero) is 1. The standard InChI is InChI=1S/C22H25N3O4/c1-4-29-17-7-5-6-16(14-17)20(26)18-19(15-8-10-23-11-9-15)25(13-12-24(2)3)22(28)21(18)27/h5-11,14,19,26H,4,12-13H2,1-3H3/b20-18+. The highest BCUT2D eigenvalue weighted by atomic mass is 16.5. The Balaban J connectivity index is 2.11. The van der Waals surface area contributed by atoms with Crippen LogP contribution in [0.25, 0.3) is 5.76 Å². The first-order chi connectivity index (χ1) is 13.9. The van der Waals surface area contributed by atoms with Gasteiger partial charge >= 0.3 is 0 Å². The fourth-order valence-electron chi connectivity index (χ4n) is 3.37. The molecular formula is C22H25N3O4. The molecule has 0 saturated carbocycles. The van der Waals surface area contributed by atoms with E-state index in [9.17, 15) is 14.7 Å². The number of carbonyl (C=O) groups is 2. The molecule has 152 valence electrons. The van der Waals surface area contributed by atoms with Gasteiger partial charge in [0.05, 0.1) is 18.2 Å². The van der Waals surface area contributed by atoms with Gasteiger partial charge in [0.25, 0.3) is 11.7 Å². The molecule has 7 heteroatoms.